The van der Waals surface area contributed by atoms with Crippen LogP contribution in [-0.2, 0) is 15.7 Å². The molecule has 0 radical (unpaired) electrons. The van der Waals surface area contributed by atoms with Crippen molar-refractivity contribution >= 4 is 18.7 Å². The molecule has 1 aromatic carbocycles. The van der Waals surface area contributed by atoms with E-state index in [1.807, 2.05) is 0 Å². The standard InChI is InChI=1S/C19H26BClO2/c1-12-7-5-6-8-13(12)9-17(21)20-22-16-11-14-10-15(18(14,2)3)19(16,4)23-20/h5-8,14-17H,9-11H2,1-4H3/t14-,15-,16+,17+,19-/m0/s1. The molecule has 2 bridgehead atoms. The summed E-state index contributed by atoms with van der Waals surface area (Å²) in [6.45, 7) is 9.15. The molecule has 124 valence electrons. The molecule has 0 spiro atoms. The molecule has 0 amide bonds. The maximum Gasteiger partial charge on any atom is 0.477 e. The van der Waals surface area contributed by atoms with E-state index in [1.54, 1.807) is 0 Å². The molecular weight excluding hydrogens is 306 g/mol. The molecule has 4 heteroatoms. The molecule has 5 rings (SSSR count). The molecule has 1 heterocycles. The fourth-order valence-corrected chi connectivity index (χ4v) is 5.48. The van der Waals surface area contributed by atoms with E-state index in [0.717, 1.165) is 18.8 Å². The van der Waals surface area contributed by atoms with Gasteiger partial charge in [-0.15, -0.1) is 11.6 Å². The lowest BCUT2D eigenvalue weighted by Crippen LogP contribution is -2.65. The minimum absolute atomic E-state index is 0.140. The quantitative estimate of drug-likeness (QED) is 0.603. The number of aryl methyl sites for hydroxylation is 1. The van der Waals surface area contributed by atoms with Crippen molar-refractivity contribution in [1.82, 2.24) is 0 Å². The summed E-state index contributed by atoms with van der Waals surface area (Å²) in [4.78, 5) is 0. The molecule has 3 aliphatic carbocycles. The smallest absolute Gasteiger partial charge is 0.404 e. The van der Waals surface area contributed by atoms with Crippen LogP contribution >= 0.6 is 11.6 Å². The van der Waals surface area contributed by atoms with E-state index in [-0.39, 0.29) is 24.1 Å². The van der Waals surface area contributed by atoms with Gasteiger partial charge in [0.15, 0.2) is 0 Å². The second-order valence-corrected chi connectivity index (χ2v) is 9.04. The average molecular weight is 333 g/mol. The predicted molar refractivity (Wildman–Crippen MR) is 94.6 cm³/mol. The van der Waals surface area contributed by atoms with Crippen molar-refractivity contribution < 1.29 is 9.31 Å². The zero-order valence-electron chi connectivity index (χ0n) is 14.5. The largest absolute Gasteiger partial charge is 0.477 e. The van der Waals surface area contributed by atoms with Gasteiger partial charge in [-0.3, -0.25) is 0 Å². The van der Waals surface area contributed by atoms with Crippen LogP contribution in [-0.4, -0.2) is 24.1 Å². The molecule has 23 heavy (non-hydrogen) atoms. The summed E-state index contributed by atoms with van der Waals surface area (Å²) in [6, 6.07) is 8.42. The van der Waals surface area contributed by atoms with Gasteiger partial charge in [-0.25, -0.2) is 0 Å². The van der Waals surface area contributed by atoms with Gasteiger partial charge in [0.05, 0.1) is 17.0 Å². The zero-order chi connectivity index (χ0) is 16.4. The highest BCUT2D eigenvalue weighted by Gasteiger charge is 2.68. The third-order valence-corrected chi connectivity index (χ3v) is 7.30. The van der Waals surface area contributed by atoms with E-state index in [9.17, 15) is 0 Å². The summed E-state index contributed by atoms with van der Waals surface area (Å²) in [7, 11) is -0.290. The van der Waals surface area contributed by atoms with Gasteiger partial charge in [-0.2, -0.15) is 0 Å². The highest BCUT2D eigenvalue weighted by Crippen LogP contribution is 2.65. The van der Waals surface area contributed by atoms with Crippen molar-refractivity contribution in [2.75, 3.05) is 0 Å². The van der Waals surface area contributed by atoms with Crippen LogP contribution in [0.4, 0.5) is 0 Å². The number of alkyl halides is 1. The third kappa shape index (κ3) is 2.31. The Kier molecular flexibility index (Phi) is 3.65. The summed E-state index contributed by atoms with van der Waals surface area (Å²) in [6.07, 6.45) is 3.40. The van der Waals surface area contributed by atoms with E-state index in [1.165, 1.54) is 17.5 Å². The Morgan fingerprint density at radius 3 is 2.70 bits per heavy atom. The van der Waals surface area contributed by atoms with Gasteiger partial charge in [0.25, 0.3) is 0 Å². The summed E-state index contributed by atoms with van der Waals surface area (Å²) >= 11 is 6.70. The number of rotatable bonds is 3. The Morgan fingerprint density at radius 2 is 2.00 bits per heavy atom. The summed E-state index contributed by atoms with van der Waals surface area (Å²) in [5.74, 6) is 1.36. The first-order valence-corrected chi connectivity index (χ1v) is 9.28. The monoisotopic (exact) mass is 332 g/mol. The molecule has 1 saturated heterocycles. The zero-order valence-corrected chi connectivity index (χ0v) is 15.3. The van der Waals surface area contributed by atoms with Crippen molar-refractivity contribution in [2.45, 2.75) is 63.9 Å². The van der Waals surface area contributed by atoms with E-state index in [0.29, 0.717) is 11.3 Å². The first-order valence-electron chi connectivity index (χ1n) is 8.84. The first kappa shape index (κ1) is 16.0. The molecule has 4 fully saturated rings. The second-order valence-electron chi connectivity index (χ2n) is 8.48. The van der Waals surface area contributed by atoms with Crippen LogP contribution in [0, 0.1) is 24.2 Å². The average Bonchev–Trinajstić information content (AvgIpc) is 2.86. The molecule has 5 atom stereocenters. The van der Waals surface area contributed by atoms with Gasteiger partial charge in [0.2, 0.25) is 0 Å². The van der Waals surface area contributed by atoms with E-state index in [4.69, 9.17) is 20.9 Å². The molecular formula is C19H26BClO2. The van der Waals surface area contributed by atoms with E-state index in [2.05, 4.69) is 52.0 Å². The molecule has 0 aromatic heterocycles. The Hall–Kier alpha value is -0.505. The van der Waals surface area contributed by atoms with Crippen molar-refractivity contribution in [2.24, 2.45) is 17.3 Å². The minimum Gasteiger partial charge on any atom is -0.404 e. The number of hydrogen-bond donors (Lipinski definition) is 0. The van der Waals surface area contributed by atoms with Crippen LogP contribution in [0.25, 0.3) is 0 Å². The van der Waals surface area contributed by atoms with Crippen LogP contribution in [0.15, 0.2) is 24.3 Å². The van der Waals surface area contributed by atoms with Crippen LogP contribution in [0.2, 0.25) is 0 Å². The Labute approximate surface area is 145 Å². The molecule has 0 N–H and O–H groups in total. The van der Waals surface area contributed by atoms with Crippen LogP contribution < -0.4 is 0 Å². The van der Waals surface area contributed by atoms with E-state index >= 15 is 0 Å². The number of hydrogen-bond acceptors (Lipinski definition) is 2. The lowest BCUT2D eigenvalue weighted by molar-refractivity contribution is -0.199. The summed E-state index contributed by atoms with van der Waals surface area (Å²) in [5.41, 5.74) is 2.77. The van der Waals surface area contributed by atoms with Gasteiger partial charge < -0.3 is 9.31 Å². The fraction of sp³-hybridized carbons (Fsp3) is 0.684. The highest BCUT2D eigenvalue weighted by molar-refractivity contribution is 6.60. The maximum atomic E-state index is 6.70. The molecule has 0 unspecified atom stereocenters. The van der Waals surface area contributed by atoms with Crippen molar-refractivity contribution in [1.29, 1.82) is 0 Å². The van der Waals surface area contributed by atoms with Crippen molar-refractivity contribution in [3.05, 3.63) is 35.4 Å². The van der Waals surface area contributed by atoms with Gasteiger partial charge in [-0.05, 0) is 61.5 Å². The lowest BCUT2D eigenvalue weighted by atomic mass is 9.43. The highest BCUT2D eigenvalue weighted by atomic mass is 35.5. The predicted octanol–water partition coefficient (Wildman–Crippen LogP) is 4.41. The van der Waals surface area contributed by atoms with Gasteiger partial charge >= 0.3 is 7.12 Å². The summed E-state index contributed by atoms with van der Waals surface area (Å²) < 4.78 is 12.7. The Bertz CT molecular complexity index is 619. The molecule has 1 aromatic rings. The SMILES string of the molecule is Cc1ccccc1C[C@@H](Cl)B1O[C@@H]2C[C@@H]3C[C@@H](C3(C)C)[C@]2(C)O1. The van der Waals surface area contributed by atoms with Crippen molar-refractivity contribution in [3.8, 4) is 0 Å². The van der Waals surface area contributed by atoms with Crippen molar-refractivity contribution in [3.63, 3.8) is 0 Å². The number of halogens is 1. The topological polar surface area (TPSA) is 18.5 Å². The second kappa shape index (κ2) is 5.24. The minimum atomic E-state index is -0.290. The van der Waals surface area contributed by atoms with Crippen LogP contribution in [0.1, 0.15) is 44.7 Å². The molecule has 1 aliphatic heterocycles. The van der Waals surface area contributed by atoms with Gasteiger partial charge in [0.1, 0.15) is 0 Å². The summed E-state index contributed by atoms with van der Waals surface area (Å²) in [5, 5.41) is -0.140. The first-order chi connectivity index (χ1) is 10.8. The Morgan fingerprint density at radius 1 is 1.26 bits per heavy atom. The Balaban J connectivity index is 1.49. The van der Waals surface area contributed by atoms with E-state index < -0.39 is 0 Å². The van der Waals surface area contributed by atoms with Gasteiger partial charge in [-0.1, -0.05) is 38.1 Å². The number of benzene rings is 1. The van der Waals surface area contributed by atoms with Crippen LogP contribution in [0.5, 0.6) is 0 Å². The fourth-order valence-electron chi connectivity index (χ4n) is 5.20. The molecule has 4 aliphatic rings. The van der Waals surface area contributed by atoms with Gasteiger partial charge in [0, 0.05) is 0 Å². The van der Waals surface area contributed by atoms with Crippen LogP contribution in [0.3, 0.4) is 0 Å². The molecule has 2 nitrogen and oxygen atoms in total. The normalized spacial score (nSPS) is 38.8. The lowest BCUT2D eigenvalue weighted by Gasteiger charge is -2.64. The maximum absolute atomic E-state index is 6.70. The third-order valence-electron chi connectivity index (χ3n) is 6.94. The molecule has 3 saturated carbocycles.